The SMILES string of the molecule is Cc1cc([C@@H](NC(=O)N[C@@H]2CCS(=O)(=O)C2)C(C)C)c(C)s1. The van der Waals surface area contributed by atoms with Crippen LogP contribution in [0.4, 0.5) is 4.79 Å². The third-order valence-corrected chi connectivity index (χ3v) is 6.69. The summed E-state index contributed by atoms with van der Waals surface area (Å²) in [6.07, 6.45) is 0.499. The first-order valence-electron chi connectivity index (χ1n) is 7.52. The molecule has 2 N–H and O–H groups in total. The van der Waals surface area contributed by atoms with Gasteiger partial charge in [-0.05, 0) is 37.8 Å². The van der Waals surface area contributed by atoms with Crippen molar-refractivity contribution in [2.75, 3.05) is 11.5 Å². The number of sulfone groups is 1. The minimum Gasteiger partial charge on any atom is -0.334 e. The highest BCUT2D eigenvalue weighted by Crippen LogP contribution is 2.30. The number of thiophene rings is 1. The van der Waals surface area contributed by atoms with Crippen molar-refractivity contribution in [3.8, 4) is 0 Å². The molecule has 1 aromatic rings. The van der Waals surface area contributed by atoms with Gasteiger partial charge in [0.2, 0.25) is 0 Å². The van der Waals surface area contributed by atoms with Crippen LogP contribution in [0.15, 0.2) is 6.07 Å². The van der Waals surface area contributed by atoms with Gasteiger partial charge in [-0.15, -0.1) is 11.3 Å². The number of nitrogens with one attached hydrogen (secondary N) is 2. The molecule has 0 aromatic carbocycles. The number of carbonyl (C=O) groups is 1. The first-order chi connectivity index (χ1) is 10.2. The van der Waals surface area contributed by atoms with Gasteiger partial charge in [0.25, 0.3) is 0 Å². The lowest BCUT2D eigenvalue weighted by Crippen LogP contribution is -2.45. The van der Waals surface area contributed by atoms with Crippen LogP contribution in [0.2, 0.25) is 0 Å². The van der Waals surface area contributed by atoms with Crippen LogP contribution >= 0.6 is 11.3 Å². The molecule has 1 aliphatic rings. The predicted molar refractivity (Wildman–Crippen MR) is 90.1 cm³/mol. The molecule has 7 heteroatoms. The summed E-state index contributed by atoms with van der Waals surface area (Å²) >= 11 is 1.72. The Morgan fingerprint density at radius 3 is 2.50 bits per heavy atom. The van der Waals surface area contributed by atoms with Crippen molar-refractivity contribution in [1.29, 1.82) is 0 Å². The van der Waals surface area contributed by atoms with E-state index in [1.54, 1.807) is 11.3 Å². The smallest absolute Gasteiger partial charge is 0.315 e. The number of hydrogen-bond acceptors (Lipinski definition) is 4. The number of hydrogen-bond donors (Lipinski definition) is 2. The molecule has 22 heavy (non-hydrogen) atoms. The fourth-order valence-electron chi connectivity index (χ4n) is 2.84. The quantitative estimate of drug-likeness (QED) is 0.881. The highest BCUT2D eigenvalue weighted by atomic mass is 32.2. The van der Waals surface area contributed by atoms with Crippen molar-refractivity contribution in [3.63, 3.8) is 0 Å². The molecule has 0 radical (unpaired) electrons. The van der Waals surface area contributed by atoms with Crippen molar-refractivity contribution >= 4 is 27.2 Å². The van der Waals surface area contributed by atoms with E-state index in [1.165, 1.54) is 9.75 Å². The topological polar surface area (TPSA) is 75.3 Å². The Balaban J connectivity index is 2.02. The maximum absolute atomic E-state index is 12.2. The Morgan fingerprint density at radius 2 is 2.05 bits per heavy atom. The van der Waals surface area contributed by atoms with Gasteiger partial charge < -0.3 is 10.6 Å². The Labute approximate surface area is 136 Å². The van der Waals surface area contributed by atoms with Crippen LogP contribution in [0, 0.1) is 19.8 Å². The van der Waals surface area contributed by atoms with Crippen molar-refractivity contribution in [3.05, 3.63) is 21.4 Å². The lowest BCUT2D eigenvalue weighted by molar-refractivity contribution is 0.230. The van der Waals surface area contributed by atoms with E-state index >= 15 is 0 Å². The zero-order valence-corrected chi connectivity index (χ0v) is 15.1. The van der Waals surface area contributed by atoms with Crippen LogP contribution in [-0.4, -0.2) is 32.0 Å². The van der Waals surface area contributed by atoms with Gasteiger partial charge in [0.15, 0.2) is 9.84 Å². The van der Waals surface area contributed by atoms with Gasteiger partial charge in [-0.2, -0.15) is 0 Å². The second-order valence-electron chi connectivity index (χ2n) is 6.31. The molecule has 1 fully saturated rings. The summed E-state index contributed by atoms with van der Waals surface area (Å²) in [7, 11) is -2.98. The fraction of sp³-hybridized carbons (Fsp3) is 0.667. The van der Waals surface area contributed by atoms with Crippen LogP contribution < -0.4 is 10.6 Å². The van der Waals surface area contributed by atoms with Gasteiger partial charge >= 0.3 is 6.03 Å². The number of aryl methyl sites for hydroxylation is 2. The number of carbonyl (C=O) groups excluding carboxylic acids is 1. The van der Waals surface area contributed by atoms with Gasteiger partial charge in [-0.3, -0.25) is 0 Å². The molecule has 0 bridgehead atoms. The van der Waals surface area contributed by atoms with Crippen LogP contribution in [0.25, 0.3) is 0 Å². The van der Waals surface area contributed by atoms with Crippen molar-refractivity contribution < 1.29 is 13.2 Å². The van der Waals surface area contributed by atoms with E-state index in [4.69, 9.17) is 0 Å². The van der Waals surface area contributed by atoms with E-state index in [9.17, 15) is 13.2 Å². The maximum Gasteiger partial charge on any atom is 0.315 e. The molecule has 1 aromatic heterocycles. The molecule has 1 saturated heterocycles. The van der Waals surface area contributed by atoms with Crippen molar-refractivity contribution in [2.24, 2.45) is 5.92 Å². The molecule has 0 spiro atoms. The zero-order valence-electron chi connectivity index (χ0n) is 13.5. The Kier molecular flexibility index (Phi) is 5.17. The molecule has 124 valence electrons. The summed E-state index contributed by atoms with van der Waals surface area (Å²) in [5.41, 5.74) is 1.15. The van der Waals surface area contributed by atoms with E-state index in [0.717, 1.165) is 5.56 Å². The molecule has 2 amide bonds. The highest BCUT2D eigenvalue weighted by Gasteiger charge is 2.30. The van der Waals surface area contributed by atoms with E-state index in [-0.39, 0.29) is 35.5 Å². The first kappa shape index (κ1) is 17.3. The Hall–Kier alpha value is -1.08. The summed E-state index contributed by atoms with van der Waals surface area (Å²) in [5.74, 6) is 0.461. The number of amides is 2. The average Bonchev–Trinajstić information content (AvgIpc) is 2.88. The molecule has 0 unspecified atom stereocenters. The second kappa shape index (κ2) is 6.58. The van der Waals surface area contributed by atoms with Crippen molar-refractivity contribution in [1.82, 2.24) is 10.6 Å². The molecule has 0 saturated carbocycles. The molecule has 1 aliphatic heterocycles. The van der Waals surface area contributed by atoms with E-state index < -0.39 is 9.84 Å². The van der Waals surface area contributed by atoms with Gasteiger partial charge in [0.1, 0.15) is 0 Å². The van der Waals surface area contributed by atoms with Crippen LogP contribution in [0.5, 0.6) is 0 Å². The third kappa shape index (κ3) is 4.23. The Morgan fingerprint density at radius 1 is 1.36 bits per heavy atom. The van der Waals surface area contributed by atoms with E-state index in [2.05, 4.69) is 44.4 Å². The Bertz CT molecular complexity index is 650. The summed E-state index contributed by atoms with van der Waals surface area (Å²) in [6.45, 7) is 8.25. The third-order valence-electron chi connectivity index (χ3n) is 3.94. The molecule has 2 atom stereocenters. The zero-order chi connectivity index (χ0) is 16.5. The highest BCUT2D eigenvalue weighted by molar-refractivity contribution is 7.91. The van der Waals surface area contributed by atoms with Gasteiger partial charge in [0, 0.05) is 15.8 Å². The monoisotopic (exact) mass is 344 g/mol. The van der Waals surface area contributed by atoms with Crippen molar-refractivity contribution in [2.45, 2.75) is 46.2 Å². The summed E-state index contributed by atoms with van der Waals surface area (Å²) in [4.78, 5) is 14.6. The van der Waals surface area contributed by atoms with Crippen LogP contribution in [-0.2, 0) is 9.84 Å². The molecule has 2 rings (SSSR count). The minimum absolute atomic E-state index is 0.0450. The first-order valence-corrected chi connectivity index (χ1v) is 10.2. The molecule has 0 aliphatic carbocycles. The normalized spacial score (nSPS) is 21.8. The predicted octanol–water partition coefficient (Wildman–Crippen LogP) is 2.55. The van der Waals surface area contributed by atoms with Gasteiger partial charge in [-0.25, -0.2) is 13.2 Å². The average molecular weight is 345 g/mol. The van der Waals surface area contributed by atoms with Crippen LogP contribution in [0.1, 0.15) is 41.6 Å². The summed E-state index contributed by atoms with van der Waals surface area (Å²) in [5, 5.41) is 5.79. The van der Waals surface area contributed by atoms with Crippen LogP contribution in [0.3, 0.4) is 0 Å². The van der Waals surface area contributed by atoms with Gasteiger partial charge in [-0.1, -0.05) is 13.8 Å². The maximum atomic E-state index is 12.2. The van der Waals surface area contributed by atoms with E-state index in [0.29, 0.717) is 6.42 Å². The minimum atomic E-state index is -2.98. The fourth-order valence-corrected chi connectivity index (χ4v) is 5.49. The molecular formula is C15H24N2O3S2. The lowest BCUT2D eigenvalue weighted by atomic mass is 9.96. The molecular weight excluding hydrogens is 320 g/mol. The largest absolute Gasteiger partial charge is 0.334 e. The summed E-state index contributed by atoms with van der Waals surface area (Å²) in [6, 6.07) is 1.49. The van der Waals surface area contributed by atoms with E-state index in [1.807, 2.05) is 0 Å². The molecule has 5 nitrogen and oxygen atoms in total. The lowest BCUT2D eigenvalue weighted by Gasteiger charge is -2.24. The van der Waals surface area contributed by atoms with Gasteiger partial charge in [0.05, 0.1) is 17.5 Å². The molecule has 2 heterocycles. The number of rotatable bonds is 4. The second-order valence-corrected chi connectivity index (χ2v) is 10.00. The summed E-state index contributed by atoms with van der Waals surface area (Å²) < 4.78 is 22.9. The standard InChI is InChI=1S/C15H24N2O3S2/c1-9(2)14(13-7-10(3)21-11(13)4)17-15(18)16-12-5-6-22(19,20)8-12/h7,9,12,14H,5-6,8H2,1-4H3,(H2,16,17,18)/t12-,14+/m1/s1. The number of urea groups is 1.